The molecule has 9 heteroatoms. The highest BCUT2D eigenvalue weighted by atomic mass is 19.3. The molecule has 0 saturated heterocycles. The monoisotopic (exact) mass is 400 g/mol. The predicted molar refractivity (Wildman–Crippen MR) is 104 cm³/mol. The summed E-state index contributed by atoms with van der Waals surface area (Å²) in [5.74, 6) is -0.546. The fourth-order valence-electron chi connectivity index (χ4n) is 2.72. The van der Waals surface area contributed by atoms with Crippen LogP contribution in [0.5, 0.6) is 5.75 Å². The van der Waals surface area contributed by atoms with E-state index in [2.05, 4.69) is 20.4 Å². The molecule has 150 valence electrons. The molecule has 0 spiro atoms. The molecule has 7 nitrogen and oxygen atoms in total. The van der Waals surface area contributed by atoms with Gasteiger partial charge in [0.1, 0.15) is 5.75 Å². The van der Waals surface area contributed by atoms with Gasteiger partial charge in [-0.15, -0.1) is 0 Å². The van der Waals surface area contributed by atoms with E-state index in [1.54, 1.807) is 24.3 Å². The van der Waals surface area contributed by atoms with E-state index in [9.17, 15) is 18.4 Å². The Kier molecular flexibility index (Phi) is 6.28. The van der Waals surface area contributed by atoms with E-state index >= 15 is 0 Å². The molecule has 1 N–H and O–H groups in total. The Morgan fingerprint density at radius 1 is 1.21 bits per heavy atom. The van der Waals surface area contributed by atoms with Crippen molar-refractivity contribution in [2.75, 3.05) is 0 Å². The lowest BCUT2D eigenvalue weighted by molar-refractivity contribution is -0.0498. The number of nitrogens with zero attached hydrogens (tertiary/aromatic N) is 3. The van der Waals surface area contributed by atoms with Gasteiger partial charge in [-0.2, -0.15) is 19.0 Å². The molecule has 0 unspecified atom stereocenters. The van der Waals surface area contributed by atoms with Crippen molar-refractivity contribution in [2.45, 2.75) is 26.5 Å². The Labute approximate surface area is 164 Å². The van der Waals surface area contributed by atoms with Gasteiger partial charge in [-0.25, -0.2) is 10.1 Å². The van der Waals surface area contributed by atoms with Crippen LogP contribution in [0.1, 0.15) is 29.4 Å². The topological polar surface area (TPSA) is 85.6 Å². The minimum atomic E-state index is -2.90. The summed E-state index contributed by atoms with van der Waals surface area (Å²) in [7, 11) is 0. The average Bonchev–Trinajstić information content (AvgIpc) is 2.71. The molecule has 2 aromatic carbocycles. The molecule has 1 amide bonds. The zero-order chi connectivity index (χ0) is 20.8. The molecule has 1 aromatic heterocycles. The number of rotatable bonds is 7. The van der Waals surface area contributed by atoms with E-state index in [-0.39, 0.29) is 17.0 Å². The average molecular weight is 400 g/mol. The summed E-state index contributed by atoms with van der Waals surface area (Å²) in [6.07, 6.45) is 2.05. The summed E-state index contributed by atoms with van der Waals surface area (Å²) in [6, 6.07) is 12.5. The largest absolute Gasteiger partial charge is 0.435 e. The van der Waals surface area contributed by atoms with E-state index in [4.69, 9.17) is 0 Å². The number of carbonyl (C=O) groups excluding carboxylic acids is 1. The number of aryl methyl sites for hydroxylation is 1. The van der Waals surface area contributed by atoms with E-state index in [1.807, 2.05) is 6.92 Å². The minimum absolute atomic E-state index is 0.0232. The zero-order valence-electron chi connectivity index (χ0n) is 15.5. The fraction of sp³-hybridized carbons (Fsp3) is 0.200. The van der Waals surface area contributed by atoms with Crippen molar-refractivity contribution in [3.05, 3.63) is 70.1 Å². The van der Waals surface area contributed by atoms with Crippen LogP contribution in [0.4, 0.5) is 8.78 Å². The quantitative estimate of drug-likeness (QED) is 0.488. The van der Waals surface area contributed by atoms with Crippen molar-refractivity contribution < 1.29 is 18.3 Å². The first kappa shape index (κ1) is 20.1. The van der Waals surface area contributed by atoms with Gasteiger partial charge in [0.15, 0.2) is 5.69 Å². The molecular weight excluding hydrogens is 382 g/mol. The van der Waals surface area contributed by atoms with Crippen LogP contribution < -0.4 is 15.7 Å². The number of benzene rings is 2. The van der Waals surface area contributed by atoms with Crippen molar-refractivity contribution in [3.8, 4) is 5.75 Å². The highest BCUT2D eigenvalue weighted by Crippen LogP contribution is 2.15. The van der Waals surface area contributed by atoms with Crippen molar-refractivity contribution in [3.63, 3.8) is 0 Å². The van der Waals surface area contributed by atoms with Gasteiger partial charge in [0.05, 0.1) is 11.6 Å². The number of hydrazone groups is 1. The molecule has 3 rings (SSSR count). The van der Waals surface area contributed by atoms with Crippen LogP contribution in [-0.4, -0.2) is 28.5 Å². The van der Waals surface area contributed by atoms with Crippen LogP contribution in [0, 0.1) is 0 Å². The number of fused-ring (bicyclic) bond motifs is 1. The molecule has 0 bridgehead atoms. The first-order valence-corrected chi connectivity index (χ1v) is 8.87. The van der Waals surface area contributed by atoms with Crippen molar-refractivity contribution in [2.24, 2.45) is 5.10 Å². The van der Waals surface area contributed by atoms with E-state index in [0.717, 1.165) is 0 Å². The van der Waals surface area contributed by atoms with Gasteiger partial charge in [0.2, 0.25) is 0 Å². The van der Waals surface area contributed by atoms with Gasteiger partial charge in [0.25, 0.3) is 11.5 Å². The standard InChI is InChI=1S/C20H18F2N4O3/c1-2-11-26-19(28)16-6-4-3-5-15(16)17(25-26)18(27)24-23-12-13-7-9-14(10-8-13)29-20(21)22/h3-10,12,20H,2,11H2,1H3,(H,24,27). The van der Waals surface area contributed by atoms with Crippen LogP contribution in [0.15, 0.2) is 58.4 Å². The maximum Gasteiger partial charge on any atom is 0.387 e. The summed E-state index contributed by atoms with van der Waals surface area (Å²) >= 11 is 0. The Morgan fingerprint density at radius 3 is 2.55 bits per heavy atom. The van der Waals surface area contributed by atoms with Crippen molar-refractivity contribution in [1.29, 1.82) is 0 Å². The summed E-state index contributed by atoms with van der Waals surface area (Å²) in [6.45, 7) is -0.599. The molecule has 0 aliphatic rings. The molecule has 0 aliphatic heterocycles. The second-order valence-electron chi connectivity index (χ2n) is 6.07. The number of amides is 1. The Balaban J connectivity index is 1.80. The third kappa shape index (κ3) is 4.81. The lowest BCUT2D eigenvalue weighted by atomic mass is 10.1. The molecule has 0 aliphatic carbocycles. The van der Waals surface area contributed by atoms with Gasteiger partial charge < -0.3 is 4.74 Å². The Bertz CT molecular complexity index is 1100. The Hall–Kier alpha value is -3.62. The lowest BCUT2D eigenvalue weighted by Crippen LogP contribution is -2.29. The second-order valence-corrected chi connectivity index (χ2v) is 6.07. The van der Waals surface area contributed by atoms with Gasteiger partial charge >= 0.3 is 6.61 Å². The molecule has 1 heterocycles. The highest BCUT2D eigenvalue weighted by Gasteiger charge is 2.16. The van der Waals surface area contributed by atoms with E-state index < -0.39 is 12.5 Å². The van der Waals surface area contributed by atoms with Crippen LogP contribution >= 0.6 is 0 Å². The van der Waals surface area contributed by atoms with Crippen LogP contribution in [0.3, 0.4) is 0 Å². The number of carbonyl (C=O) groups is 1. The Morgan fingerprint density at radius 2 is 1.90 bits per heavy atom. The van der Waals surface area contributed by atoms with Gasteiger partial charge in [-0.05, 0) is 42.3 Å². The second kappa shape index (κ2) is 9.05. The predicted octanol–water partition coefficient (Wildman–Crippen LogP) is 3.17. The fourth-order valence-corrected chi connectivity index (χ4v) is 2.72. The molecule has 0 atom stereocenters. The van der Waals surface area contributed by atoms with E-state index in [0.29, 0.717) is 29.3 Å². The number of alkyl halides is 2. The number of nitrogens with one attached hydrogen (secondary N) is 1. The highest BCUT2D eigenvalue weighted by molar-refractivity contribution is 6.04. The van der Waals surface area contributed by atoms with Gasteiger partial charge in [-0.1, -0.05) is 25.1 Å². The summed E-state index contributed by atoms with van der Waals surface area (Å²) in [5, 5.41) is 8.90. The maximum absolute atomic E-state index is 12.6. The minimum Gasteiger partial charge on any atom is -0.435 e. The summed E-state index contributed by atoms with van der Waals surface area (Å²) in [4.78, 5) is 25.1. The number of hydrogen-bond donors (Lipinski definition) is 1. The van der Waals surface area contributed by atoms with Gasteiger partial charge in [-0.3, -0.25) is 9.59 Å². The first-order valence-electron chi connectivity index (χ1n) is 8.87. The molecule has 3 aromatic rings. The third-order valence-corrected chi connectivity index (χ3v) is 4.00. The third-order valence-electron chi connectivity index (χ3n) is 4.00. The zero-order valence-corrected chi connectivity index (χ0v) is 15.5. The number of halogens is 2. The SMILES string of the molecule is CCCn1nc(C(=O)NN=Cc2ccc(OC(F)F)cc2)c2ccccc2c1=O. The van der Waals surface area contributed by atoms with Gasteiger partial charge in [0, 0.05) is 11.9 Å². The normalized spacial score (nSPS) is 11.3. The van der Waals surface area contributed by atoms with Crippen LogP contribution in [0.25, 0.3) is 10.8 Å². The maximum atomic E-state index is 12.6. The molecule has 0 fully saturated rings. The summed E-state index contributed by atoms with van der Waals surface area (Å²) < 4.78 is 29.9. The molecule has 0 saturated carbocycles. The number of ether oxygens (including phenoxy) is 1. The number of hydrogen-bond acceptors (Lipinski definition) is 5. The molecular formula is C20H18F2N4O3. The van der Waals surface area contributed by atoms with E-state index in [1.165, 1.54) is 35.2 Å². The number of aromatic nitrogens is 2. The van der Waals surface area contributed by atoms with Crippen molar-refractivity contribution in [1.82, 2.24) is 15.2 Å². The molecule has 29 heavy (non-hydrogen) atoms. The van der Waals surface area contributed by atoms with Crippen LogP contribution in [0.2, 0.25) is 0 Å². The van der Waals surface area contributed by atoms with Crippen molar-refractivity contribution >= 4 is 22.9 Å². The molecule has 0 radical (unpaired) electrons. The first-order chi connectivity index (χ1) is 14.0. The van der Waals surface area contributed by atoms with Crippen LogP contribution in [-0.2, 0) is 6.54 Å². The summed E-state index contributed by atoms with van der Waals surface area (Å²) in [5.41, 5.74) is 2.78. The smallest absolute Gasteiger partial charge is 0.387 e. The lowest BCUT2D eigenvalue weighted by Gasteiger charge is -2.09.